The minimum absolute atomic E-state index is 0.0263. The first-order chi connectivity index (χ1) is 7.81. The Labute approximate surface area is 102 Å². The number of nitrogens with zero attached hydrogens (tertiary/aromatic N) is 2. The lowest BCUT2D eigenvalue weighted by molar-refractivity contribution is -0.717. The number of hydrogen-bond donors (Lipinski definition) is 0. The van der Waals surface area contributed by atoms with E-state index in [4.69, 9.17) is 9.47 Å². The zero-order valence-electron chi connectivity index (χ0n) is 11.3. The lowest BCUT2D eigenvalue weighted by atomic mass is 9.87. The normalized spacial score (nSPS) is 25.1. The van der Waals surface area contributed by atoms with Crippen molar-refractivity contribution in [1.29, 1.82) is 0 Å². The van der Waals surface area contributed by atoms with Crippen LogP contribution in [0.3, 0.4) is 0 Å². The first-order valence-electron chi connectivity index (χ1n) is 6.23. The summed E-state index contributed by atoms with van der Waals surface area (Å²) in [5, 5.41) is 0. The highest BCUT2D eigenvalue weighted by molar-refractivity contribution is 5.27. The fourth-order valence-corrected chi connectivity index (χ4v) is 2.58. The topological polar surface area (TPSA) is 27.3 Å². The van der Waals surface area contributed by atoms with Crippen LogP contribution >= 0.6 is 0 Å². The number of imidazole rings is 1. The predicted molar refractivity (Wildman–Crippen MR) is 63.4 cm³/mol. The summed E-state index contributed by atoms with van der Waals surface area (Å²) in [5.74, 6) is 1.79. The van der Waals surface area contributed by atoms with Crippen LogP contribution in [0.15, 0.2) is 6.33 Å². The molecule has 0 spiro atoms. The minimum Gasteiger partial charge on any atom is -0.452 e. The van der Waals surface area contributed by atoms with E-state index < -0.39 is 0 Å². The van der Waals surface area contributed by atoms with Gasteiger partial charge in [0.15, 0.2) is 0 Å². The molecule has 0 bridgehead atoms. The van der Waals surface area contributed by atoms with Crippen LogP contribution in [0.25, 0.3) is 0 Å². The number of fused-ring (bicyclic) bond motifs is 3. The SMILES string of the molecule is CC(C)(C)[C@H]1COc2c3n(c[n+]21)C(C)(C)CO3. The molecular formula is C13H21N2O2+. The van der Waals surface area contributed by atoms with Crippen LogP contribution in [-0.2, 0) is 5.54 Å². The molecule has 0 amide bonds. The van der Waals surface area contributed by atoms with Crippen LogP contribution in [0, 0.1) is 5.41 Å². The molecule has 0 saturated carbocycles. The highest BCUT2D eigenvalue weighted by Gasteiger charge is 2.49. The van der Waals surface area contributed by atoms with Gasteiger partial charge in [-0.2, -0.15) is 9.13 Å². The molecule has 0 saturated heterocycles. The maximum atomic E-state index is 5.83. The van der Waals surface area contributed by atoms with Crippen LogP contribution < -0.4 is 14.0 Å². The Hall–Kier alpha value is -1.19. The van der Waals surface area contributed by atoms with Crippen molar-refractivity contribution in [3.8, 4) is 11.8 Å². The number of rotatable bonds is 0. The molecule has 0 N–H and O–H groups in total. The van der Waals surface area contributed by atoms with Gasteiger partial charge in [-0.25, -0.2) is 0 Å². The maximum Gasteiger partial charge on any atom is 0.373 e. The molecule has 0 fully saturated rings. The van der Waals surface area contributed by atoms with Crippen molar-refractivity contribution in [1.82, 2.24) is 4.57 Å². The quantitative estimate of drug-likeness (QED) is 0.644. The number of hydrogen-bond acceptors (Lipinski definition) is 2. The van der Waals surface area contributed by atoms with E-state index in [-0.39, 0.29) is 11.0 Å². The van der Waals surface area contributed by atoms with Gasteiger partial charge < -0.3 is 9.47 Å². The van der Waals surface area contributed by atoms with E-state index in [0.717, 1.165) is 25.0 Å². The Morgan fingerprint density at radius 3 is 2.71 bits per heavy atom. The van der Waals surface area contributed by atoms with E-state index in [9.17, 15) is 0 Å². The lowest BCUT2D eigenvalue weighted by Crippen LogP contribution is -2.44. The van der Waals surface area contributed by atoms with Crippen molar-refractivity contribution in [2.45, 2.75) is 46.2 Å². The van der Waals surface area contributed by atoms with Gasteiger partial charge in [0.1, 0.15) is 24.8 Å². The zero-order valence-corrected chi connectivity index (χ0v) is 11.3. The van der Waals surface area contributed by atoms with Crippen LogP contribution in [0.2, 0.25) is 0 Å². The molecular weight excluding hydrogens is 216 g/mol. The van der Waals surface area contributed by atoms with Crippen LogP contribution in [0.5, 0.6) is 11.8 Å². The molecule has 0 aromatic carbocycles. The average Bonchev–Trinajstić information content (AvgIpc) is 2.75. The monoisotopic (exact) mass is 237 g/mol. The molecule has 0 aliphatic carbocycles. The van der Waals surface area contributed by atoms with Gasteiger partial charge in [-0.15, -0.1) is 0 Å². The Bertz CT molecular complexity index is 468. The zero-order chi connectivity index (χ0) is 12.4. The van der Waals surface area contributed by atoms with Crippen molar-refractivity contribution in [2.24, 2.45) is 5.41 Å². The van der Waals surface area contributed by atoms with E-state index in [1.54, 1.807) is 0 Å². The fraction of sp³-hybridized carbons (Fsp3) is 0.769. The Kier molecular flexibility index (Phi) is 1.91. The Morgan fingerprint density at radius 2 is 2.06 bits per heavy atom. The number of aromatic nitrogens is 2. The highest BCUT2D eigenvalue weighted by Crippen LogP contribution is 2.42. The molecule has 4 nitrogen and oxygen atoms in total. The number of ether oxygens (including phenoxy) is 2. The molecule has 4 heteroatoms. The average molecular weight is 237 g/mol. The van der Waals surface area contributed by atoms with Gasteiger partial charge in [-0.3, -0.25) is 0 Å². The van der Waals surface area contributed by atoms with Gasteiger partial charge >= 0.3 is 11.8 Å². The van der Waals surface area contributed by atoms with Gasteiger partial charge in [0.05, 0.1) is 0 Å². The Morgan fingerprint density at radius 1 is 1.35 bits per heavy atom. The third-order valence-electron chi connectivity index (χ3n) is 3.80. The highest BCUT2D eigenvalue weighted by atomic mass is 16.5. The van der Waals surface area contributed by atoms with Crippen molar-refractivity contribution in [2.75, 3.05) is 13.2 Å². The van der Waals surface area contributed by atoms with Gasteiger partial charge in [-0.05, 0) is 13.8 Å². The van der Waals surface area contributed by atoms with Crippen LogP contribution in [0.1, 0.15) is 40.7 Å². The Balaban J connectivity index is 2.09. The van der Waals surface area contributed by atoms with Crippen LogP contribution in [-0.4, -0.2) is 17.8 Å². The molecule has 94 valence electrons. The third kappa shape index (κ3) is 1.39. The molecule has 3 rings (SSSR count). The smallest absolute Gasteiger partial charge is 0.373 e. The van der Waals surface area contributed by atoms with Gasteiger partial charge in [0, 0.05) is 5.41 Å². The van der Waals surface area contributed by atoms with Gasteiger partial charge in [0.25, 0.3) is 6.33 Å². The standard InChI is InChI=1S/C13H21N2O2/c1-12(2,3)9-6-16-10-11-15(8-14(9)10)13(4,5)7-17-11/h8-9H,6-7H2,1-5H3/q+1/t9-/m1/s1. The molecule has 0 radical (unpaired) electrons. The fourth-order valence-electron chi connectivity index (χ4n) is 2.58. The summed E-state index contributed by atoms with van der Waals surface area (Å²) in [5.41, 5.74) is 0.223. The summed E-state index contributed by atoms with van der Waals surface area (Å²) in [6.07, 6.45) is 2.15. The lowest BCUT2D eigenvalue weighted by Gasteiger charge is -2.22. The minimum atomic E-state index is 0.0263. The second-order valence-electron chi connectivity index (χ2n) is 6.80. The summed E-state index contributed by atoms with van der Waals surface area (Å²) in [6.45, 7) is 12.6. The molecule has 1 aromatic heterocycles. The van der Waals surface area contributed by atoms with Crippen molar-refractivity contribution in [3.63, 3.8) is 0 Å². The van der Waals surface area contributed by atoms with E-state index in [2.05, 4.69) is 50.1 Å². The largest absolute Gasteiger partial charge is 0.452 e. The van der Waals surface area contributed by atoms with E-state index in [1.807, 2.05) is 0 Å². The maximum absolute atomic E-state index is 5.83. The van der Waals surface area contributed by atoms with Crippen molar-refractivity contribution < 1.29 is 14.0 Å². The van der Waals surface area contributed by atoms with Crippen molar-refractivity contribution >= 4 is 0 Å². The molecule has 1 atom stereocenters. The second-order valence-corrected chi connectivity index (χ2v) is 6.80. The molecule has 1 aromatic rings. The summed E-state index contributed by atoms with van der Waals surface area (Å²) >= 11 is 0. The predicted octanol–water partition coefficient (Wildman–Crippen LogP) is 1.88. The molecule has 17 heavy (non-hydrogen) atoms. The molecule has 2 aliphatic rings. The van der Waals surface area contributed by atoms with E-state index in [1.165, 1.54) is 0 Å². The van der Waals surface area contributed by atoms with Gasteiger partial charge in [-0.1, -0.05) is 20.8 Å². The summed E-state index contributed by atoms with van der Waals surface area (Å²) < 4.78 is 16.0. The summed E-state index contributed by atoms with van der Waals surface area (Å²) in [4.78, 5) is 0. The van der Waals surface area contributed by atoms with Gasteiger partial charge in [0.2, 0.25) is 0 Å². The first-order valence-corrected chi connectivity index (χ1v) is 6.23. The summed E-state index contributed by atoms with van der Waals surface area (Å²) in [6, 6.07) is 0.384. The summed E-state index contributed by atoms with van der Waals surface area (Å²) in [7, 11) is 0. The molecule has 0 unspecified atom stereocenters. The van der Waals surface area contributed by atoms with Crippen molar-refractivity contribution in [3.05, 3.63) is 6.33 Å². The third-order valence-corrected chi connectivity index (χ3v) is 3.80. The second kappa shape index (κ2) is 2.98. The van der Waals surface area contributed by atoms with E-state index >= 15 is 0 Å². The first kappa shape index (κ1) is 10.9. The van der Waals surface area contributed by atoms with E-state index in [0.29, 0.717) is 6.04 Å². The molecule has 3 heterocycles. The van der Waals surface area contributed by atoms with Crippen LogP contribution in [0.4, 0.5) is 0 Å². The molecule has 2 aliphatic heterocycles.